The van der Waals surface area contributed by atoms with Crippen molar-refractivity contribution >= 4 is 61.6 Å². The Labute approximate surface area is 145 Å². The Kier molecular flexibility index (Phi) is 3.85. The van der Waals surface area contributed by atoms with Gasteiger partial charge in [0.25, 0.3) is 5.92 Å². The maximum Gasteiger partial charge on any atom is 0.282 e. The highest BCUT2D eigenvalue weighted by atomic mass is 35.5. The van der Waals surface area contributed by atoms with Gasteiger partial charge in [-0.3, -0.25) is 0 Å². The Morgan fingerprint density at radius 1 is 1.26 bits per heavy atom. The van der Waals surface area contributed by atoms with Gasteiger partial charge in [0, 0.05) is 5.39 Å². The first-order valence-electron chi connectivity index (χ1n) is 6.70. The van der Waals surface area contributed by atoms with E-state index in [0.29, 0.717) is 10.8 Å². The molecule has 1 fully saturated rings. The maximum absolute atomic E-state index is 13.1. The first-order chi connectivity index (χ1) is 10.4. The van der Waals surface area contributed by atoms with Crippen LogP contribution in [0.4, 0.5) is 14.6 Å². The number of halogens is 4. The van der Waals surface area contributed by atoms with Crippen LogP contribution >= 0.6 is 35.3 Å². The second kappa shape index (κ2) is 5.36. The third-order valence-corrected chi connectivity index (χ3v) is 5.50. The van der Waals surface area contributed by atoms with Gasteiger partial charge in [0.2, 0.25) is 0 Å². The molecule has 1 saturated heterocycles. The molecule has 3 aromatic heterocycles. The van der Waals surface area contributed by atoms with Crippen LogP contribution in [-0.4, -0.2) is 34.0 Å². The second-order valence-corrected chi connectivity index (χ2v) is 6.88. The van der Waals surface area contributed by atoms with E-state index < -0.39 is 5.92 Å². The topological polar surface area (TPSA) is 41.9 Å². The van der Waals surface area contributed by atoms with Gasteiger partial charge < -0.3 is 4.90 Å². The number of hydrogen-bond donors (Lipinski definition) is 0. The first-order valence-corrected chi connectivity index (χ1v) is 7.89. The van der Waals surface area contributed by atoms with E-state index in [1.165, 1.54) is 17.7 Å². The number of hydrogen-bond acceptors (Lipinski definition) is 5. The van der Waals surface area contributed by atoms with Crippen molar-refractivity contribution in [3.05, 3.63) is 22.6 Å². The standard InChI is InChI=1S/C14H11ClF2N4S.ClH/c1-6-8-10-11(22-13(8)20-7(2)9(6)15)12(19-5-18-10)21-3-14(16,17)4-21;/h5H,3-4H2,1-2H3;1H. The molecule has 0 spiro atoms. The fourth-order valence-corrected chi connectivity index (χ4v) is 4.16. The van der Waals surface area contributed by atoms with Crippen molar-refractivity contribution in [2.45, 2.75) is 19.8 Å². The zero-order chi connectivity index (χ0) is 15.6. The molecule has 0 N–H and O–H groups in total. The minimum Gasteiger partial charge on any atom is -0.343 e. The lowest BCUT2D eigenvalue weighted by Gasteiger charge is -2.39. The molecule has 0 aliphatic carbocycles. The van der Waals surface area contributed by atoms with Gasteiger partial charge in [-0.05, 0) is 19.4 Å². The monoisotopic (exact) mass is 376 g/mol. The molecule has 4 rings (SSSR count). The average molecular weight is 377 g/mol. The SMILES string of the molecule is Cc1nc2sc3c(N4CC(F)(F)C4)ncnc3c2c(C)c1Cl.Cl. The molecular weight excluding hydrogens is 365 g/mol. The van der Waals surface area contributed by atoms with Crippen molar-refractivity contribution in [2.75, 3.05) is 18.0 Å². The molecule has 4 heterocycles. The number of aromatic nitrogens is 3. The summed E-state index contributed by atoms with van der Waals surface area (Å²) in [5.74, 6) is -2.09. The fraction of sp³-hybridized carbons (Fsp3) is 0.357. The van der Waals surface area contributed by atoms with Crippen LogP contribution in [0, 0.1) is 13.8 Å². The number of aryl methyl sites for hydroxylation is 2. The Morgan fingerprint density at radius 2 is 1.96 bits per heavy atom. The van der Waals surface area contributed by atoms with E-state index in [2.05, 4.69) is 15.0 Å². The molecule has 1 aliphatic heterocycles. The summed E-state index contributed by atoms with van der Waals surface area (Å²) >= 11 is 7.70. The minimum atomic E-state index is -2.64. The highest BCUT2D eigenvalue weighted by Crippen LogP contribution is 2.42. The van der Waals surface area contributed by atoms with Crippen LogP contribution in [0.5, 0.6) is 0 Å². The molecule has 0 radical (unpaired) electrons. The Bertz CT molecular complexity index is 920. The molecule has 23 heavy (non-hydrogen) atoms. The van der Waals surface area contributed by atoms with Crippen molar-refractivity contribution in [1.82, 2.24) is 15.0 Å². The fourth-order valence-electron chi connectivity index (χ4n) is 2.77. The van der Waals surface area contributed by atoms with E-state index in [4.69, 9.17) is 11.6 Å². The van der Waals surface area contributed by atoms with E-state index in [0.717, 1.165) is 31.7 Å². The molecular formula is C14H12Cl2F2N4S. The summed E-state index contributed by atoms with van der Waals surface area (Å²) in [5.41, 5.74) is 2.39. The summed E-state index contributed by atoms with van der Waals surface area (Å²) in [6, 6.07) is 0. The number of pyridine rings is 1. The van der Waals surface area contributed by atoms with Crippen LogP contribution in [0.25, 0.3) is 20.4 Å². The van der Waals surface area contributed by atoms with Crippen molar-refractivity contribution in [3.63, 3.8) is 0 Å². The van der Waals surface area contributed by atoms with Crippen LogP contribution in [0.15, 0.2) is 6.33 Å². The van der Waals surface area contributed by atoms with Gasteiger partial charge >= 0.3 is 0 Å². The zero-order valence-electron chi connectivity index (χ0n) is 12.2. The summed E-state index contributed by atoms with van der Waals surface area (Å²) < 4.78 is 27.1. The molecule has 0 atom stereocenters. The number of fused-ring (bicyclic) bond motifs is 3. The van der Waals surface area contributed by atoms with Crippen LogP contribution in [0.2, 0.25) is 5.02 Å². The predicted octanol–water partition coefficient (Wildman–Crippen LogP) is 4.39. The van der Waals surface area contributed by atoms with Gasteiger partial charge in [-0.2, -0.15) is 0 Å². The molecule has 122 valence electrons. The maximum atomic E-state index is 13.1. The minimum absolute atomic E-state index is 0. The highest BCUT2D eigenvalue weighted by Gasteiger charge is 2.45. The predicted molar refractivity (Wildman–Crippen MR) is 91.6 cm³/mol. The van der Waals surface area contributed by atoms with Crippen LogP contribution < -0.4 is 4.90 Å². The van der Waals surface area contributed by atoms with E-state index in [1.807, 2.05) is 13.8 Å². The van der Waals surface area contributed by atoms with Gasteiger partial charge in [0.15, 0.2) is 5.82 Å². The number of rotatable bonds is 1. The molecule has 3 aromatic rings. The van der Waals surface area contributed by atoms with Crippen molar-refractivity contribution in [2.24, 2.45) is 0 Å². The normalized spacial score (nSPS) is 16.5. The first kappa shape index (κ1) is 16.5. The second-order valence-electron chi connectivity index (χ2n) is 5.51. The largest absolute Gasteiger partial charge is 0.343 e. The highest BCUT2D eigenvalue weighted by molar-refractivity contribution is 7.26. The van der Waals surface area contributed by atoms with Gasteiger partial charge in [0.05, 0.1) is 34.0 Å². The van der Waals surface area contributed by atoms with Crippen LogP contribution in [0.3, 0.4) is 0 Å². The van der Waals surface area contributed by atoms with E-state index in [9.17, 15) is 8.78 Å². The van der Waals surface area contributed by atoms with E-state index in [1.54, 1.807) is 4.90 Å². The molecule has 9 heteroatoms. The smallest absolute Gasteiger partial charge is 0.282 e. The van der Waals surface area contributed by atoms with Crippen molar-refractivity contribution < 1.29 is 8.78 Å². The summed E-state index contributed by atoms with van der Waals surface area (Å²) in [4.78, 5) is 15.4. The Balaban J connectivity index is 0.00000156. The number of anilines is 1. The van der Waals surface area contributed by atoms with Gasteiger partial charge in [0.1, 0.15) is 11.2 Å². The number of nitrogens with zero attached hydrogens (tertiary/aromatic N) is 4. The lowest BCUT2D eigenvalue weighted by atomic mass is 10.1. The molecule has 4 nitrogen and oxygen atoms in total. The van der Waals surface area contributed by atoms with Gasteiger partial charge in [-0.1, -0.05) is 11.6 Å². The van der Waals surface area contributed by atoms with Crippen LogP contribution in [0.1, 0.15) is 11.3 Å². The lowest BCUT2D eigenvalue weighted by Crippen LogP contribution is -2.56. The third-order valence-electron chi connectivity index (χ3n) is 3.87. The molecule has 0 amide bonds. The third kappa shape index (κ3) is 2.42. The number of alkyl halides is 2. The Morgan fingerprint density at radius 3 is 2.61 bits per heavy atom. The molecule has 0 bridgehead atoms. The lowest BCUT2D eigenvalue weighted by molar-refractivity contribution is -0.0265. The van der Waals surface area contributed by atoms with Crippen molar-refractivity contribution in [1.29, 1.82) is 0 Å². The molecule has 0 aromatic carbocycles. The Hall–Kier alpha value is -1.31. The molecule has 0 saturated carbocycles. The summed E-state index contributed by atoms with van der Waals surface area (Å²) in [5, 5.41) is 1.49. The average Bonchev–Trinajstić information content (AvgIpc) is 2.80. The summed E-state index contributed by atoms with van der Waals surface area (Å²) in [7, 11) is 0. The number of thiophene rings is 1. The summed E-state index contributed by atoms with van der Waals surface area (Å²) in [6.45, 7) is 3.16. The summed E-state index contributed by atoms with van der Waals surface area (Å²) in [6.07, 6.45) is 1.41. The molecule has 0 unspecified atom stereocenters. The van der Waals surface area contributed by atoms with E-state index in [-0.39, 0.29) is 25.5 Å². The quantitative estimate of drug-likeness (QED) is 0.631. The van der Waals surface area contributed by atoms with Gasteiger partial charge in [-0.15, -0.1) is 23.7 Å². The van der Waals surface area contributed by atoms with Gasteiger partial charge in [-0.25, -0.2) is 23.7 Å². The zero-order valence-corrected chi connectivity index (χ0v) is 14.6. The van der Waals surface area contributed by atoms with E-state index >= 15 is 0 Å². The van der Waals surface area contributed by atoms with Crippen molar-refractivity contribution in [3.8, 4) is 0 Å². The molecule has 1 aliphatic rings. The van der Waals surface area contributed by atoms with Crippen LogP contribution in [-0.2, 0) is 0 Å².